The lowest BCUT2D eigenvalue weighted by atomic mass is 10.3. The van der Waals surface area contributed by atoms with E-state index in [1.165, 1.54) is 12.1 Å². The van der Waals surface area contributed by atoms with Crippen LogP contribution in [0.2, 0.25) is 0 Å². The summed E-state index contributed by atoms with van der Waals surface area (Å²) < 4.78 is 40.0. The van der Waals surface area contributed by atoms with Gasteiger partial charge in [-0.05, 0) is 12.1 Å². The highest BCUT2D eigenvalue weighted by atomic mass is 32.2. The highest BCUT2D eigenvalue weighted by Crippen LogP contribution is 2.15. The van der Waals surface area contributed by atoms with Gasteiger partial charge in [0.25, 0.3) is 0 Å². The van der Waals surface area contributed by atoms with Gasteiger partial charge in [-0.25, -0.2) is 12.8 Å². The average molecular weight is 291 g/mol. The van der Waals surface area contributed by atoms with Crippen LogP contribution in [-0.2, 0) is 9.84 Å². The van der Waals surface area contributed by atoms with Crippen molar-refractivity contribution in [3.05, 3.63) is 30.1 Å². The first kappa shape index (κ1) is 15.9. The Morgan fingerprint density at radius 1 is 1.42 bits per heavy atom. The minimum Gasteiger partial charge on any atom is -0.488 e. The van der Waals surface area contributed by atoms with Gasteiger partial charge in [-0.15, -0.1) is 0 Å². The molecule has 0 aromatic heterocycles. The summed E-state index contributed by atoms with van der Waals surface area (Å²) in [6.07, 6.45) is 0.311. The summed E-state index contributed by atoms with van der Waals surface area (Å²) >= 11 is 0. The van der Waals surface area contributed by atoms with Gasteiger partial charge in [0.05, 0.1) is 5.75 Å². The zero-order valence-corrected chi connectivity index (χ0v) is 11.5. The fourth-order valence-electron chi connectivity index (χ4n) is 1.33. The Bertz CT molecular complexity index is 492. The second kappa shape index (κ2) is 7.42. The van der Waals surface area contributed by atoms with Crippen molar-refractivity contribution in [2.24, 2.45) is 0 Å². The second-order valence-electron chi connectivity index (χ2n) is 4.23. The number of para-hydroxylation sites is 1. The number of hydrogen-bond donors (Lipinski definition) is 2. The van der Waals surface area contributed by atoms with Crippen LogP contribution in [0, 0.1) is 5.82 Å². The summed E-state index contributed by atoms with van der Waals surface area (Å²) in [5, 5.41) is 12.4. The van der Waals surface area contributed by atoms with Crippen molar-refractivity contribution in [3.8, 4) is 5.75 Å². The third kappa shape index (κ3) is 7.09. The Hall–Kier alpha value is -1.18. The molecular formula is C12H18FNO4S. The maximum absolute atomic E-state index is 13.2. The van der Waals surface area contributed by atoms with Crippen LogP contribution in [0.25, 0.3) is 0 Å². The fourth-order valence-corrected chi connectivity index (χ4v) is 1.85. The van der Waals surface area contributed by atoms with Gasteiger partial charge >= 0.3 is 0 Å². The quantitative estimate of drug-likeness (QED) is 0.669. The Balaban J connectivity index is 2.22. The molecule has 2 N–H and O–H groups in total. The minimum atomic E-state index is -3.01. The molecule has 0 aliphatic carbocycles. The predicted octanol–water partition coefficient (Wildman–Crippen LogP) is 0.200. The SMILES string of the molecule is CS(=O)(=O)CCNCC(O)COc1ccccc1F. The molecule has 0 saturated carbocycles. The molecule has 0 heterocycles. The van der Waals surface area contributed by atoms with Gasteiger partial charge in [-0.1, -0.05) is 12.1 Å². The number of nitrogens with one attached hydrogen (secondary N) is 1. The zero-order valence-electron chi connectivity index (χ0n) is 10.7. The molecule has 1 aromatic carbocycles. The molecule has 0 saturated heterocycles. The van der Waals surface area contributed by atoms with E-state index < -0.39 is 21.8 Å². The van der Waals surface area contributed by atoms with E-state index in [0.717, 1.165) is 6.26 Å². The van der Waals surface area contributed by atoms with Crippen LogP contribution in [0.4, 0.5) is 4.39 Å². The number of sulfone groups is 1. The minimum absolute atomic E-state index is 0.00783. The molecule has 1 unspecified atom stereocenters. The van der Waals surface area contributed by atoms with Gasteiger partial charge in [0, 0.05) is 19.3 Å². The van der Waals surface area contributed by atoms with Crippen molar-refractivity contribution in [3.63, 3.8) is 0 Å². The van der Waals surface area contributed by atoms with Crippen LogP contribution in [-0.4, -0.2) is 51.3 Å². The number of aliphatic hydroxyl groups excluding tert-OH is 1. The standard InChI is InChI=1S/C12H18FNO4S/c1-19(16,17)7-6-14-8-10(15)9-18-12-5-3-2-4-11(12)13/h2-5,10,14-15H,6-9H2,1H3. The van der Waals surface area contributed by atoms with Gasteiger partial charge in [-0.2, -0.15) is 0 Å². The van der Waals surface area contributed by atoms with Gasteiger partial charge < -0.3 is 15.2 Å². The van der Waals surface area contributed by atoms with E-state index in [-0.39, 0.29) is 31.2 Å². The summed E-state index contributed by atoms with van der Waals surface area (Å²) in [6.45, 7) is 0.381. The largest absolute Gasteiger partial charge is 0.488 e. The highest BCUT2D eigenvalue weighted by Gasteiger charge is 2.08. The van der Waals surface area contributed by atoms with Gasteiger partial charge in [0.1, 0.15) is 22.5 Å². The second-order valence-corrected chi connectivity index (χ2v) is 6.49. The predicted molar refractivity (Wildman–Crippen MR) is 70.5 cm³/mol. The summed E-state index contributed by atoms with van der Waals surface area (Å²) in [5.41, 5.74) is 0. The van der Waals surface area contributed by atoms with E-state index in [1.54, 1.807) is 12.1 Å². The first-order chi connectivity index (χ1) is 8.88. The molecule has 7 heteroatoms. The lowest BCUT2D eigenvalue weighted by molar-refractivity contribution is 0.105. The maximum Gasteiger partial charge on any atom is 0.165 e. The number of aliphatic hydroxyl groups is 1. The molecule has 1 aromatic rings. The molecule has 5 nitrogen and oxygen atoms in total. The zero-order chi connectivity index (χ0) is 14.3. The van der Waals surface area contributed by atoms with Crippen molar-refractivity contribution in [2.45, 2.75) is 6.10 Å². The summed E-state index contributed by atoms with van der Waals surface area (Å²) in [6, 6.07) is 5.92. The van der Waals surface area contributed by atoms with E-state index in [2.05, 4.69) is 5.32 Å². The molecule has 0 spiro atoms. The van der Waals surface area contributed by atoms with Crippen LogP contribution in [0.1, 0.15) is 0 Å². The number of ether oxygens (including phenoxy) is 1. The van der Waals surface area contributed by atoms with E-state index in [9.17, 15) is 17.9 Å². The number of halogens is 1. The Morgan fingerprint density at radius 2 is 2.11 bits per heavy atom. The van der Waals surface area contributed by atoms with E-state index >= 15 is 0 Å². The third-order valence-corrected chi connectivity index (χ3v) is 3.24. The van der Waals surface area contributed by atoms with Crippen molar-refractivity contribution in [2.75, 3.05) is 31.7 Å². The first-order valence-corrected chi connectivity index (χ1v) is 7.88. The highest BCUT2D eigenvalue weighted by molar-refractivity contribution is 7.90. The monoisotopic (exact) mass is 291 g/mol. The topological polar surface area (TPSA) is 75.6 Å². The lowest BCUT2D eigenvalue weighted by Gasteiger charge is -2.13. The maximum atomic E-state index is 13.2. The van der Waals surface area contributed by atoms with Gasteiger partial charge in [0.15, 0.2) is 11.6 Å². The molecule has 0 fully saturated rings. The average Bonchev–Trinajstić information content (AvgIpc) is 2.32. The Kier molecular flexibility index (Phi) is 6.20. The van der Waals surface area contributed by atoms with Gasteiger partial charge in [-0.3, -0.25) is 0 Å². The van der Waals surface area contributed by atoms with Crippen LogP contribution in [0.3, 0.4) is 0 Å². The molecule has 19 heavy (non-hydrogen) atoms. The third-order valence-electron chi connectivity index (χ3n) is 2.30. The van der Waals surface area contributed by atoms with Crippen LogP contribution in [0.5, 0.6) is 5.75 Å². The van der Waals surface area contributed by atoms with Crippen LogP contribution in [0.15, 0.2) is 24.3 Å². The lowest BCUT2D eigenvalue weighted by Crippen LogP contribution is -2.34. The molecule has 108 valence electrons. The molecule has 0 bridgehead atoms. The van der Waals surface area contributed by atoms with E-state index in [0.29, 0.717) is 0 Å². The van der Waals surface area contributed by atoms with Crippen molar-refractivity contribution < 1.29 is 22.7 Å². The number of rotatable bonds is 8. The Morgan fingerprint density at radius 3 is 2.74 bits per heavy atom. The van der Waals surface area contributed by atoms with Gasteiger partial charge in [0.2, 0.25) is 0 Å². The summed E-state index contributed by atoms with van der Waals surface area (Å²) in [7, 11) is -3.01. The molecule has 0 aliphatic heterocycles. The molecule has 1 rings (SSSR count). The van der Waals surface area contributed by atoms with Crippen molar-refractivity contribution >= 4 is 9.84 Å². The van der Waals surface area contributed by atoms with E-state index in [4.69, 9.17) is 4.74 Å². The first-order valence-electron chi connectivity index (χ1n) is 5.82. The normalized spacial score (nSPS) is 13.2. The number of hydrogen-bond acceptors (Lipinski definition) is 5. The summed E-state index contributed by atoms with van der Waals surface area (Å²) in [4.78, 5) is 0. The Labute approximate surface area is 112 Å². The van der Waals surface area contributed by atoms with Crippen molar-refractivity contribution in [1.82, 2.24) is 5.32 Å². The molecule has 0 amide bonds. The van der Waals surface area contributed by atoms with Crippen molar-refractivity contribution in [1.29, 1.82) is 0 Å². The smallest absolute Gasteiger partial charge is 0.165 e. The van der Waals surface area contributed by atoms with Crippen LogP contribution < -0.4 is 10.1 Å². The number of benzene rings is 1. The molecule has 0 radical (unpaired) electrons. The molecule has 0 aliphatic rings. The van der Waals surface area contributed by atoms with Crippen LogP contribution >= 0.6 is 0 Å². The molecular weight excluding hydrogens is 273 g/mol. The molecule has 1 atom stereocenters. The summed E-state index contributed by atoms with van der Waals surface area (Å²) in [5.74, 6) is -0.397. The fraction of sp³-hybridized carbons (Fsp3) is 0.500. The van der Waals surface area contributed by atoms with E-state index in [1.807, 2.05) is 0 Å².